The van der Waals surface area contributed by atoms with E-state index in [2.05, 4.69) is 34.2 Å². The molecule has 8 heteroatoms. The fraction of sp³-hybridized carbons (Fsp3) is 0.258. The number of rotatable bonds is 6. The number of fused-ring (bicyclic) bond motifs is 2. The van der Waals surface area contributed by atoms with Crippen LogP contribution in [0.15, 0.2) is 95.1 Å². The van der Waals surface area contributed by atoms with Gasteiger partial charge in [0.15, 0.2) is 0 Å². The third-order valence-corrected chi connectivity index (χ3v) is 7.73. The zero-order chi connectivity index (χ0) is 26.9. The summed E-state index contributed by atoms with van der Waals surface area (Å²) in [6, 6.07) is 24.9. The Morgan fingerprint density at radius 2 is 1.74 bits per heavy atom. The first kappa shape index (κ1) is 24.9. The number of amides is 2. The zero-order valence-electron chi connectivity index (χ0n) is 22.0. The molecule has 3 aliphatic rings. The van der Waals surface area contributed by atoms with Gasteiger partial charge in [-0.05, 0) is 42.3 Å². The first-order chi connectivity index (χ1) is 19.0. The number of aliphatic imine (C=N–C) groups is 1. The molecule has 3 aliphatic heterocycles. The highest BCUT2D eigenvalue weighted by Crippen LogP contribution is 2.35. The summed E-state index contributed by atoms with van der Waals surface area (Å²) in [5.74, 6) is 0.639. The highest BCUT2D eigenvalue weighted by molar-refractivity contribution is 6.10. The first-order valence-electron chi connectivity index (χ1n) is 13.4. The molecule has 0 saturated heterocycles. The smallest absolute Gasteiger partial charge is 0.260 e. The number of nitrogens with one attached hydrogen (secondary N) is 1. The monoisotopic (exact) mass is 520 g/mol. The molecular weight excluding hydrogens is 488 g/mol. The third kappa shape index (κ3) is 4.79. The second kappa shape index (κ2) is 10.4. The molecule has 39 heavy (non-hydrogen) atoms. The molecule has 0 spiro atoms. The lowest BCUT2D eigenvalue weighted by atomic mass is 9.98. The Morgan fingerprint density at radius 1 is 1.00 bits per heavy atom. The second-order valence-electron chi connectivity index (χ2n) is 10.2. The average molecular weight is 521 g/mol. The lowest BCUT2D eigenvalue weighted by molar-refractivity contribution is -0.126. The van der Waals surface area contributed by atoms with Crippen molar-refractivity contribution in [1.82, 2.24) is 14.7 Å². The molecule has 1 unspecified atom stereocenters. The number of para-hydroxylation sites is 2. The Hall–Kier alpha value is -4.43. The van der Waals surface area contributed by atoms with Gasteiger partial charge in [-0.15, -0.1) is 0 Å². The summed E-state index contributed by atoms with van der Waals surface area (Å²) in [4.78, 5) is 37.7. The van der Waals surface area contributed by atoms with Gasteiger partial charge in [-0.2, -0.15) is 0 Å². The van der Waals surface area contributed by atoms with Gasteiger partial charge in [0.05, 0.1) is 29.5 Å². The van der Waals surface area contributed by atoms with Crippen molar-refractivity contribution >= 4 is 29.1 Å². The van der Waals surface area contributed by atoms with Crippen LogP contribution in [-0.4, -0.2) is 58.7 Å². The molecule has 0 aliphatic carbocycles. The number of anilines is 2. The molecule has 8 nitrogen and oxygen atoms in total. The Kier molecular flexibility index (Phi) is 6.62. The molecule has 3 aromatic rings. The van der Waals surface area contributed by atoms with E-state index in [0.29, 0.717) is 36.6 Å². The molecule has 0 radical (unpaired) electrons. The molecule has 0 saturated carbocycles. The number of hydrogen-bond acceptors (Lipinski definition) is 6. The van der Waals surface area contributed by atoms with Crippen molar-refractivity contribution < 1.29 is 9.59 Å². The van der Waals surface area contributed by atoms with Crippen LogP contribution in [0.5, 0.6) is 0 Å². The topological polar surface area (TPSA) is 94.3 Å². The van der Waals surface area contributed by atoms with Crippen LogP contribution >= 0.6 is 0 Å². The Bertz CT molecular complexity index is 1460. The summed E-state index contributed by atoms with van der Waals surface area (Å²) in [5, 5.41) is 2.87. The Labute approximate surface area is 228 Å². The normalized spacial score (nSPS) is 18.0. The van der Waals surface area contributed by atoms with Gasteiger partial charge in [0, 0.05) is 43.9 Å². The molecule has 3 aromatic carbocycles. The number of carbonyl (C=O) groups is 2. The van der Waals surface area contributed by atoms with Gasteiger partial charge in [0.1, 0.15) is 0 Å². The SMILES string of the molecule is CC(c1ccccc1)N1C(=O)C2=C(CCN(Cc3ccc(C(=O)Nc4ccccc4N)cc3)C2)N2CCN=C21. The maximum Gasteiger partial charge on any atom is 0.260 e. The van der Waals surface area contributed by atoms with Gasteiger partial charge in [-0.25, -0.2) is 0 Å². The van der Waals surface area contributed by atoms with Crippen LogP contribution in [0.4, 0.5) is 11.4 Å². The highest BCUT2D eigenvalue weighted by atomic mass is 16.2. The Morgan fingerprint density at radius 3 is 2.51 bits per heavy atom. The molecule has 1 atom stereocenters. The fourth-order valence-electron chi connectivity index (χ4n) is 5.62. The molecule has 6 rings (SSSR count). The molecule has 3 N–H and O–H groups in total. The average Bonchev–Trinajstić information content (AvgIpc) is 3.45. The number of carbonyl (C=O) groups excluding carboxylic acids is 2. The number of nitrogen functional groups attached to an aromatic ring is 1. The lowest BCUT2D eigenvalue weighted by Crippen LogP contribution is -2.54. The number of benzene rings is 3. The summed E-state index contributed by atoms with van der Waals surface area (Å²) in [6.07, 6.45) is 0.812. The van der Waals surface area contributed by atoms with Gasteiger partial charge in [0.2, 0.25) is 5.96 Å². The van der Waals surface area contributed by atoms with Crippen molar-refractivity contribution in [3.8, 4) is 0 Å². The Balaban J connectivity index is 1.16. The van der Waals surface area contributed by atoms with Crippen LogP contribution in [0.25, 0.3) is 0 Å². The van der Waals surface area contributed by atoms with Crippen molar-refractivity contribution in [3.05, 3.63) is 107 Å². The maximum atomic E-state index is 13.9. The highest BCUT2D eigenvalue weighted by Gasteiger charge is 2.43. The summed E-state index contributed by atoms with van der Waals surface area (Å²) in [5.41, 5.74) is 11.8. The van der Waals surface area contributed by atoms with Crippen LogP contribution in [0, 0.1) is 0 Å². The van der Waals surface area contributed by atoms with E-state index in [1.54, 1.807) is 12.1 Å². The summed E-state index contributed by atoms with van der Waals surface area (Å²) in [7, 11) is 0. The van der Waals surface area contributed by atoms with E-state index in [1.165, 1.54) is 0 Å². The predicted octanol–water partition coefficient (Wildman–Crippen LogP) is 4.26. The maximum absolute atomic E-state index is 13.9. The van der Waals surface area contributed by atoms with E-state index in [-0.39, 0.29) is 17.9 Å². The number of hydrogen-bond donors (Lipinski definition) is 2. The molecule has 3 heterocycles. The van der Waals surface area contributed by atoms with Crippen molar-refractivity contribution in [3.63, 3.8) is 0 Å². The van der Waals surface area contributed by atoms with Crippen LogP contribution in [0.1, 0.15) is 40.9 Å². The van der Waals surface area contributed by atoms with E-state index in [0.717, 1.165) is 47.9 Å². The number of nitrogens with two attached hydrogens (primary N) is 1. The minimum absolute atomic E-state index is 0.0511. The fourth-order valence-corrected chi connectivity index (χ4v) is 5.62. The predicted molar refractivity (Wildman–Crippen MR) is 153 cm³/mol. The van der Waals surface area contributed by atoms with Gasteiger partial charge in [-0.3, -0.25) is 24.4 Å². The van der Waals surface area contributed by atoms with Gasteiger partial charge in [0.25, 0.3) is 11.8 Å². The van der Waals surface area contributed by atoms with E-state index in [9.17, 15) is 9.59 Å². The quantitative estimate of drug-likeness (QED) is 0.474. The number of nitrogens with zero attached hydrogens (tertiary/aromatic N) is 4. The third-order valence-electron chi connectivity index (χ3n) is 7.73. The summed E-state index contributed by atoms with van der Waals surface area (Å²) in [6.45, 7) is 5.75. The molecule has 0 bridgehead atoms. The van der Waals surface area contributed by atoms with Crippen LogP contribution in [0.2, 0.25) is 0 Å². The lowest BCUT2D eigenvalue weighted by Gasteiger charge is -2.44. The van der Waals surface area contributed by atoms with Crippen molar-refractivity contribution in [2.24, 2.45) is 4.99 Å². The van der Waals surface area contributed by atoms with Crippen molar-refractivity contribution in [2.45, 2.75) is 25.9 Å². The van der Waals surface area contributed by atoms with Gasteiger partial charge >= 0.3 is 0 Å². The minimum atomic E-state index is -0.198. The van der Waals surface area contributed by atoms with Crippen LogP contribution in [0.3, 0.4) is 0 Å². The van der Waals surface area contributed by atoms with Gasteiger partial charge < -0.3 is 16.0 Å². The zero-order valence-corrected chi connectivity index (χ0v) is 22.0. The van der Waals surface area contributed by atoms with E-state index in [1.807, 2.05) is 59.5 Å². The van der Waals surface area contributed by atoms with Crippen molar-refractivity contribution in [2.75, 3.05) is 37.2 Å². The molecule has 0 aromatic heterocycles. The van der Waals surface area contributed by atoms with E-state index < -0.39 is 0 Å². The first-order valence-corrected chi connectivity index (χ1v) is 13.4. The second-order valence-corrected chi connectivity index (χ2v) is 10.2. The van der Waals surface area contributed by atoms with Crippen molar-refractivity contribution in [1.29, 1.82) is 0 Å². The number of guanidine groups is 1. The largest absolute Gasteiger partial charge is 0.397 e. The summed E-state index contributed by atoms with van der Waals surface area (Å²) < 4.78 is 0. The summed E-state index contributed by atoms with van der Waals surface area (Å²) >= 11 is 0. The molecule has 0 fully saturated rings. The minimum Gasteiger partial charge on any atom is -0.397 e. The molecule has 198 valence electrons. The van der Waals surface area contributed by atoms with E-state index in [4.69, 9.17) is 10.7 Å². The van der Waals surface area contributed by atoms with Gasteiger partial charge in [-0.1, -0.05) is 54.6 Å². The van der Waals surface area contributed by atoms with E-state index >= 15 is 0 Å². The standard InChI is InChI=1S/C31H32N6O2/c1-21(23-7-3-2-4-8-23)37-30(39)25-20-35(17-15-28(25)36-18-16-33-31(36)37)19-22-11-13-24(14-12-22)29(38)34-27-10-6-5-9-26(27)32/h2-14,21H,15-20,32H2,1H3,(H,34,38). The molecule has 2 amide bonds. The molecular formula is C31H32N6O2. The van der Waals surface area contributed by atoms with Crippen LogP contribution < -0.4 is 11.1 Å². The van der Waals surface area contributed by atoms with Crippen LogP contribution in [-0.2, 0) is 11.3 Å².